The van der Waals surface area contributed by atoms with Gasteiger partial charge in [-0.1, -0.05) is 12.1 Å². The van der Waals surface area contributed by atoms with Gasteiger partial charge in [0.05, 0.1) is 0 Å². The molecular formula is C10H11IN2O. The fourth-order valence-electron chi connectivity index (χ4n) is 1.21. The molecule has 0 bridgehead atoms. The molecule has 1 aromatic carbocycles. The van der Waals surface area contributed by atoms with Crippen LogP contribution in [-0.4, -0.2) is 5.91 Å². The van der Waals surface area contributed by atoms with Gasteiger partial charge in [-0.3, -0.25) is 4.79 Å². The van der Waals surface area contributed by atoms with Crippen molar-refractivity contribution in [2.45, 2.75) is 6.04 Å². The molecule has 0 saturated carbocycles. The van der Waals surface area contributed by atoms with Crippen molar-refractivity contribution in [2.24, 2.45) is 11.5 Å². The van der Waals surface area contributed by atoms with Crippen LogP contribution >= 0.6 is 22.6 Å². The Morgan fingerprint density at radius 3 is 2.71 bits per heavy atom. The van der Waals surface area contributed by atoms with Crippen molar-refractivity contribution in [3.63, 3.8) is 0 Å². The summed E-state index contributed by atoms with van der Waals surface area (Å²) in [6, 6.07) is 4.97. The van der Waals surface area contributed by atoms with Gasteiger partial charge in [0.15, 0.2) is 0 Å². The first-order valence-corrected chi connectivity index (χ1v) is 5.12. The van der Waals surface area contributed by atoms with Gasteiger partial charge in [0.2, 0.25) is 5.91 Å². The molecule has 3 nitrogen and oxygen atoms in total. The zero-order valence-electron chi connectivity index (χ0n) is 7.53. The lowest BCUT2D eigenvalue weighted by atomic mass is 10.0. The normalized spacial score (nSPS) is 12.1. The molecule has 0 spiro atoms. The van der Waals surface area contributed by atoms with Crippen LogP contribution in [0, 0.1) is 3.57 Å². The predicted molar refractivity (Wildman–Crippen MR) is 64.8 cm³/mol. The van der Waals surface area contributed by atoms with Crippen molar-refractivity contribution in [1.29, 1.82) is 0 Å². The van der Waals surface area contributed by atoms with E-state index in [9.17, 15) is 4.79 Å². The van der Waals surface area contributed by atoms with Gasteiger partial charge < -0.3 is 11.5 Å². The van der Waals surface area contributed by atoms with E-state index in [1.165, 1.54) is 0 Å². The van der Waals surface area contributed by atoms with E-state index in [1.807, 2.05) is 6.07 Å². The Morgan fingerprint density at radius 2 is 2.21 bits per heavy atom. The monoisotopic (exact) mass is 302 g/mol. The third-order valence-corrected chi connectivity index (χ3v) is 2.85. The van der Waals surface area contributed by atoms with Crippen LogP contribution in [0.15, 0.2) is 30.9 Å². The van der Waals surface area contributed by atoms with Gasteiger partial charge >= 0.3 is 0 Å². The standard InChI is InChI=1S/C10H11IN2O/c1-2-8(12)9-6(10(13)14)4-3-5-7(9)11/h2-5,8H,1,12H2,(H2,13,14). The fourth-order valence-corrected chi connectivity index (χ4v) is 2.07. The van der Waals surface area contributed by atoms with E-state index in [0.29, 0.717) is 5.56 Å². The molecule has 1 rings (SSSR count). The summed E-state index contributed by atoms with van der Waals surface area (Å²) < 4.78 is 0.923. The summed E-state index contributed by atoms with van der Waals surface area (Å²) in [6.07, 6.45) is 1.59. The Kier molecular flexibility index (Phi) is 3.65. The number of carbonyl (C=O) groups excluding carboxylic acids is 1. The molecule has 0 aliphatic rings. The summed E-state index contributed by atoms with van der Waals surface area (Å²) in [5, 5.41) is 0. The molecule has 0 radical (unpaired) electrons. The van der Waals surface area contributed by atoms with Gasteiger partial charge in [0.25, 0.3) is 0 Å². The second kappa shape index (κ2) is 4.56. The topological polar surface area (TPSA) is 69.1 Å². The van der Waals surface area contributed by atoms with Crippen molar-refractivity contribution in [1.82, 2.24) is 0 Å². The van der Waals surface area contributed by atoms with Crippen molar-refractivity contribution >= 4 is 28.5 Å². The van der Waals surface area contributed by atoms with Crippen LogP contribution in [0.3, 0.4) is 0 Å². The molecule has 0 aliphatic carbocycles. The Balaban J connectivity index is 3.36. The molecule has 0 heterocycles. The maximum Gasteiger partial charge on any atom is 0.249 e. The second-order valence-corrected chi connectivity index (χ2v) is 3.99. The van der Waals surface area contributed by atoms with Gasteiger partial charge in [-0.15, -0.1) is 6.58 Å². The number of hydrogen-bond acceptors (Lipinski definition) is 2. The molecule has 1 aromatic rings. The quantitative estimate of drug-likeness (QED) is 0.657. The van der Waals surface area contributed by atoms with E-state index >= 15 is 0 Å². The number of halogens is 1. The highest BCUT2D eigenvalue weighted by atomic mass is 127. The number of hydrogen-bond donors (Lipinski definition) is 2. The van der Waals surface area contributed by atoms with Crippen LogP contribution in [0.5, 0.6) is 0 Å². The predicted octanol–water partition coefficient (Wildman–Crippen LogP) is 1.58. The number of rotatable bonds is 3. The molecule has 74 valence electrons. The van der Waals surface area contributed by atoms with Crippen LogP contribution in [0.1, 0.15) is 22.0 Å². The lowest BCUT2D eigenvalue weighted by molar-refractivity contribution is 0.0999. The lowest BCUT2D eigenvalue weighted by Gasteiger charge is -2.12. The van der Waals surface area contributed by atoms with E-state index in [0.717, 1.165) is 9.13 Å². The van der Waals surface area contributed by atoms with Crippen molar-refractivity contribution in [2.75, 3.05) is 0 Å². The molecule has 4 heteroatoms. The van der Waals surface area contributed by atoms with Gasteiger partial charge in [0.1, 0.15) is 0 Å². The largest absolute Gasteiger partial charge is 0.366 e. The highest BCUT2D eigenvalue weighted by Crippen LogP contribution is 2.23. The summed E-state index contributed by atoms with van der Waals surface area (Å²) in [5.74, 6) is -0.462. The van der Waals surface area contributed by atoms with Gasteiger partial charge in [0, 0.05) is 15.2 Å². The van der Waals surface area contributed by atoms with Crippen LogP contribution < -0.4 is 11.5 Å². The molecule has 0 aliphatic heterocycles. The zero-order chi connectivity index (χ0) is 10.7. The van der Waals surface area contributed by atoms with Crippen molar-refractivity contribution < 1.29 is 4.79 Å². The number of nitrogens with two attached hydrogens (primary N) is 2. The number of amides is 1. The number of carbonyl (C=O) groups is 1. The Labute approximate surface area is 96.3 Å². The molecule has 0 saturated heterocycles. The van der Waals surface area contributed by atoms with E-state index in [1.54, 1.807) is 18.2 Å². The van der Waals surface area contributed by atoms with E-state index in [-0.39, 0.29) is 6.04 Å². The van der Waals surface area contributed by atoms with Crippen LogP contribution in [-0.2, 0) is 0 Å². The van der Waals surface area contributed by atoms with Gasteiger partial charge in [-0.05, 0) is 40.3 Å². The van der Waals surface area contributed by atoms with E-state index in [4.69, 9.17) is 11.5 Å². The Morgan fingerprint density at radius 1 is 1.57 bits per heavy atom. The van der Waals surface area contributed by atoms with Gasteiger partial charge in [-0.25, -0.2) is 0 Å². The molecule has 1 unspecified atom stereocenters. The first-order chi connectivity index (χ1) is 6.57. The molecule has 1 amide bonds. The molecular weight excluding hydrogens is 291 g/mol. The molecule has 4 N–H and O–H groups in total. The Hall–Kier alpha value is -0.880. The minimum Gasteiger partial charge on any atom is -0.366 e. The van der Waals surface area contributed by atoms with Crippen LogP contribution in [0.25, 0.3) is 0 Å². The molecule has 0 aromatic heterocycles. The summed E-state index contributed by atoms with van der Waals surface area (Å²) in [5.41, 5.74) is 12.3. The number of benzene rings is 1. The third-order valence-electron chi connectivity index (χ3n) is 1.91. The minimum atomic E-state index is -0.462. The third kappa shape index (κ3) is 2.13. The van der Waals surface area contributed by atoms with E-state index < -0.39 is 5.91 Å². The average Bonchev–Trinajstić information content (AvgIpc) is 2.16. The second-order valence-electron chi connectivity index (χ2n) is 2.83. The summed E-state index contributed by atoms with van der Waals surface area (Å²) in [6.45, 7) is 3.60. The molecule has 0 fully saturated rings. The highest BCUT2D eigenvalue weighted by Gasteiger charge is 2.14. The Bertz CT molecular complexity index is 376. The van der Waals surface area contributed by atoms with Crippen molar-refractivity contribution in [3.8, 4) is 0 Å². The fraction of sp³-hybridized carbons (Fsp3) is 0.100. The summed E-state index contributed by atoms with van der Waals surface area (Å²) in [4.78, 5) is 11.1. The number of primary amides is 1. The maximum atomic E-state index is 11.1. The average molecular weight is 302 g/mol. The lowest BCUT2D eigenvalue weighted by Crippen LogP contribution is -2.19. The minimum absolute atomic E-state index is 0.356. The summed E-state index contributed by atoms with van der Waals surface area (Å²) >= 11 is 2.12. The first kappa shape index (κ1) is 11.2. The van der Waals surface area contributed by atoms with Crippen LogP contribution in [0.4, 0.5) is 0 Å². The van der Waals surface area contributed by atoms with Crippen molar-refractivity contribution in [3.05, 3.63) is 45.6 Å². The molecule has 14 heavy (non-hydrogen) atoms. The smallest absolute Gasteiger partial charge is 0.249 e. The maximum absolute atomic E-state index is 11.1. The zero-order valence-corrected chi connectivity index (χ0v) is 9.69. The highest BCUT2D eigenvalue weighted by molar-refractivity contribution is 14.1. The molecule has 1 atom stereocenters. The van der Waals surface area contributed by atoms with E-state index in [2.05, 4.69) is 29.2 Å². The van der Waals surface area contributed by atoms with Crippen LogP contribution in [0.2, 0.25) is 0 Å². The SMILES string of the molecule is C=CC(N)c1c(I)cccc1C(N)=O. The van der Waals surface area contributed by atoms with Gasteiger partial charge in [-0.2, -0.15) is 0 Å². The first-order valence-electron chi connectivity index (χ1n) is 4.04. The summed E-state index contributed by atoms with van der Waals surface area (Å²) in [7, 11) is 0.